The minimum absolute atomic E-state index is 0.244. The monoisotopic (exact) mass is 157 g/mol. The summed E-state index contributed by atoms with van der Waals surface area (Å²) >= 11 is 0. The van der Waals surface area contributed by atoms with E-state index >= 15 is 0 Å². The third-order valence-corrected chi connectivity index (χ3v) is 1.55. The first kappa shape index (κ1) is 6.91. The van der Waals surface area contributed by atoms with Crippen molar-refractivity contribution >= 4 is 17.3 Å². The lowest BCUT2D eigenvalue weighted by atomic mass is 10.3. The summed E-state index contributed by atoms with van der Waals surface area (Å²) in [7, 11) is 0. The number of aromatic nitrogens is 2. The minimum Gasteiger partial charge on any atom is -0.283 e. The first-order chi connectivity index (χ1) is 5.90. The zero-order valence-electron chi connectivity index (χ0n) is 6.19. The molecule has 0 saturated carbocycles. The van der Waals surface area contributed by atoms with Crippen molar-refractivity contribution in [2.75, 3.05) is 0 Å². The van der Waals surface area contributed by atoms with Crippen LogP contribution in [0.4, 0.5) is 0 Å². The van der Waals surface area contributed by atoms with Gasteiger partial charge in [-0.05, 0) is 12.1 Å². The number of benzene rings is 1. The fourth-order valence-electron chi connectivity index (χ4n) is 1.01. The molecule has 0 spiro atoms. The predicted octanol–water partition coefficient (Wildman–Crippen LogP) is 1.09. The number of hydrogen-bond acceptors (Lipinski definition) is 3. The molecule has 12 heavy (non-hydrogen) atoms. The summed E-state index contributed by atoms with van der Waals surface area (Å²) in [5.74, 6) is 0. The second kappa shape index (κ2) is 2.70. The topological polar surface area (TPSA) is 42.9 Å². The highest BCUT2D eigenvalue weighted by atomic mass is 16.1. The van der Waals surface area contributed by atoms with Gasteiger partial charge in [-0.1, -0.05) is 12.1 Å². The van der Waals surface area contributed by atoms with Gasteiger partial charge in [0.25, 0.3) is 6.29 Å². The largest absolute Gasteiger partial charge is 0.283 e. The second-order valence-electron chi connectivity index (χ2n) is 2.35. The van der Waals surface area contributed by atoms with E-state index in [4.69, 9.17) is 0 Å². The maximum Gasteiger partial charge on any atom is 0.255 e. The molecule has 0 atom stereocenters. The van der Waals surface area contributed by atoms with Gasteiger partial charge in [0, 0.05) is 0 Å². The number of rotatable bonds is 1. The van der Waals surface area contributed by atoms with E-state index in [1.165, 1.54) is 6.20 Å². The molecule has 1 radical (unpaired) electrons. The van der Waals surface area contributed by atoms with E-state index < -0.39 is 0 Å². The van der Waals surface area contributed by atoms with Gasteiger partial charge in [0.05, 0.1) is 17.2 Å². The fourth-order valence-corrected chi connectivity index (χ4v) is 1.01. The van der Waals surface area contributed by atoms with Crippen molar-refractivity contribution in [2.24, 2.45) is 0 Å². The number of fused-ring (bicyclic) bond motifs is 1. The van der Waals surface area contributed by atoms with E-state index in [1.807, 2.05) is 24.3 Å². The molecule has 1 heterocycles. The van der Waals surface area contributed by atoms with Gasteiger partial charge in [-0.15, -0.1) is 0 Å². The molecule has 0 aliphatic carbocycles. The number of para-hydroxylation sites is 2. The van der Waals surface area contributed by atoms with Gasteiger partial charge in [-0.25, -0.2) is 4.98 Å². The van der Waals surface area contributed by atoms with E-state index in [2.05, 4.69) is 9.97 Å². The lowest BCUT2D eigenvalue weighted by molar-refractivity contribution is 0.561. The standard InChI is InChI=1S/C9H5N2O/c12-6-7-5-10-8-3-1-2-4-9(8)11-7/h1-5H. The molecule has 0 N–H and O–H groups in total. The summed E-state index contributed by atoms with van der Waals surface area (Å²) in [6, 6.07) is 7.38. The SMILES string of the molecule is O=[C]c1cnc2ccccc2n1. The number of carbonyl (C=O) groups excluding carboxylic acids is 1. The normalized spacial score (nSPS) is 10.0. The molecular formula is C9H5N2O. The second-order valence-corrected chi connectivity index (χ2v) is 2.35. The van der Waals surface area contributed by atoms with Gasteiger partial charge >= 0.3 is 0 Å². The zero-order chi connectivity index (χ0) is 8.39. The molecule has 0 aliphatic rings. The van der Waals surface area contributed by atoms with E-state index in [1.54, 1.807) is 6.29 Å². The molecule has 3 nitrogen and oxygen atoms in total. The van der Waals surface area contributed by atoms with E-state index in [9.17, 15) is 4.79 Å². The molecule has 0 bridgehead atoms. The highest BCUT2D eigenvalue weighted by molar-refractivity contribution is 5.79. The van der Waals surface area contributed by atoms with Gasteiger partial charge in [-0.3, -0.25) is 9.78 Å². The van der Waals surface area contributed by atoms with Crippen LogP contribution in [0, 0.1) is 0 Å². The summed E-state index contributed by atoms with van der Waals surface area (Å²) in [4.78, 5) is 18.3. The Balaban J connectivity index is 2.75. The van der Waals surface area contributed by atoms with E-state index in [-0.39, 0.29) is 5.69 Å². The van der Waals surface area contributed by atoms with Crippen LogP contribution in [0.15, 0.2) is 30.5 Å². The summed E-state index contributed by atoms with van der Waals surface area (Å²) in [6.07, 6.45) is 3.11. The maximum absolute atomic E-state index is 10.2. The molecule has 3 heteroatoms. The van der Waals surface area contributed by atoms with Crippen molar-refractivity contribution < 1.29 is 4.79 Å². The van der Waals surface area contributed by atoms with Gasteiger partial charge in [0.2, 0.25) is 0 Å². The van der Waals surface area contributed by atoms with Gasteiger partial charge in [-0.2, -0.15) is 0 Å². The molecule has 1 aromatic heterocycles. The molecule has 0 aliphatic heterocycles. The molecule has 57 valence electrons. The van der Waals surface area contributed by atoms with Crippen molar-refractivity contribution in [2.45, 2.75) is 0 Å². The van der Waals surface area contributed by atoms with Crippen LogP contribution in [0.25, 0.3) is 11.0 Å². The van der Waals surface area contributed by atoms with Crippen LogP contribution in [0.3, 0.4) is 0 Å². The van der Waals surface area contributed by atoms with Crippen LogP contribution in [0.1, 0.15) is 5.69 Å². The van der Waals surface area contributed by atoms with Crippen LogP contribution < -0.4 is 0 Å². The van der Waals surface area contributed by atoms with Crippen molar-refractivity contribution in [1.82, 2.24) is 9.97 Å². The third kappa shape index (κ3) is 1.05. The third-order valence-electron chi connectivity index (χ3n) is 1.55. The molecular weight excluding hydrogens is 152 g/mol. The Bertz CT molecular complexity index is 426. The Morgan fingerprint density at radius 3 is 2.67 bits per heavy atom. The van der Waals surface area contributed by atoms with Crippen LogP contribution >= 0.6 is 0 Å². The highest BCUT2D eigenvalue weighted by Gasteiger charge is 1.96. The first-order valence-corrected chi connectivity index (χ1v) is 3.50. The van der Waals surface area contributed by atoms with Crippen molar-refractivity contribution in [3.05, 3.63) is 36.2 Å². The fraction of sp³-hybridized carbons (Fsp3) is 0. The quantitative estimate of drug-likeness (QED) is 0.622. The predicted molar refractivity (Wildman–Crippen MR) is 44.3 cm³/mol. The van der Waals surface area contributed by atoms with Crippen LogP contribution in [0.2, 0.25) is 0 Å². The molecule has 0 fully saturated rings. The average Bonchev–Trinajstić information content (AvgIpc) is 2.17. The Labute approximate surface area is 69.1 Å². The Morgan fingerprint density at radius 1 is 1.17 bits per heavy atom. The smallest absolute Gasteiger partial charge is 0.255 e. The summed E-state index contributed by atoms with van der Waals surface area (Å²) in [6.45, 7) is 0. The Kier molecular flexibility index (Phi) is 1.55. The summed E-state index contributed by atoms with van der Waals surface area (Å²) < 4.78 is 0. The molecule has 0 amide bonds. The Morgan fingerprint density at radius 2 is 1.92 bits per heavy atom. The lowest BCUT2D eigenvalue weighted by Crippen LogP contribution is -1.89. The van der Waals surface area contributed by atoms with E-state index in [0.717, 1.165) is 11.0 Å². The zero-order valence-corrected chi connectivity index (χ0v) is 6.19. The molecule has 2 rings (SSSR count). The minimum atomic E-state index is 0.244. The van der Waals surface area contributed by atoms with Crippen molar-refractivity contribution in [1.29, 1.82) is 0 Å². The lowest BCUT2D eigenvalue weighted by Gasteiger charge is -1.94. The molecule has 0 saturated heterocycles. The summed E-state index contributed by atoms with van der Waals surface area (Å²) in [5, 5.41) is 0. The average molecular weight is 157 g/mol. The van der Waals surface area contributed by atoms with Gasteiger partial charge in [0.15, 0.2) is 0 Å². The van der Waals surface area contributed by atoms with Crippen LogP contribution in [-0.2, 0) is 4.79 Å². The van der Waals surface area contributed by atoms with Gasteiger partial charge < -0.3 is 0 Å². The van der Waals surface area contributed by atoms with Gasteiger partial charge in [0.1, 0.15) is 5.69 Å². The highest BCUT2D eigenvalue weighted by Crippen LogP contribution is 2.06. The van der Waals surface area contributed by atoms with Crippen molar-refractivity contribution in [3.63, 3.8) is 0 Å². The van der Waals surface area contributed by atoms with Crippen LogP contribution in [0.5, 0.6) is 0 Å². The molecule has 2 aromatic rings. The maximum atomic E-state index is 10.2. The van der Waals surface area contributed by atoms with E-state index in [0.29, 0.717) is 0 Å². The summed E-state index contributed by atoms with van der Waals surface area (Å²) in [5.41, 5.74) is 1.75. The van der Waals surface area contributed by atoms with Crippen LogP contribution in [-0.4, -0.2) is 16.3 Å². The van der Waals surface area contributed by atoms with Crippen molar-refractivity contribution in [3.8, 4) is 0 Å². The number of hydrogen-bond donors (Lipinski definition) is 0. The first-order valence-electron chi connectivity index (χ1n) is 3.50. The molecule has 1 aromatic carbocycles. The molecule has 0 unspecified atom stereocenters. The number of nitrogens with zero attached hydrogens (tertiary/aromatic N) is 2. The Hall–Kier alpha value is -1.77.